The fraction of sp³-hybridized carbons (Fsp3) is 0.174. The molecule has 2 aromatic carbocycles. The van der Waals surface area contributed by atoms with Crippen molar-refractivity contribution < 1.29 is 9.21 Å². The summed E-state index contributed by atoms with van der Waals surface area (Å²) in [6.07, 6.45) is 4.09. The summed E-state index contributed by atoms with van der Waals surface area (Å²) in [7, 11) is 0. The Labute approximate surface area is 175 Å². The van der Waals surface area contributed by atoms with E-state index in [9.17, 15) is 4.79 Å². The third kappa shape index (κ3) is 4.67. The van der Waals surface area contributed by atoms with Crippen LogP contribution in [0, 0.1) is 0 Å². The fourth-order valence-corrected chi connectivity index (χ4v) is 3.27. The van der Waals surface area contributed by atoms with E-state index in [0.29, 0.717) is 33.0 Å². The molecule has 1 N–H and O–H groups in total. The van der Waals surface area contributed by atoms with Crippen LogP contribution in [0.1, 0.15) is 37.5 Å². The molecule has 0 saturated heterocycles. The minimum absolute atomic E-state index is 0.213. The average Bonchev–Trinajstić information content (AvgIpc) is 3.17. The Morgan fingerprint density at radius 1 is 1.11 bits per heavy atom. The number of rotatable bonds is 6. The van der Waals surface area contributed by atoms with Crippen LogP contribution < -0.4 is 5.32 Å². The zero-order valence-electron chi connectivity index (χ0n) is 15.7. The standard InChI is InChI=1S/C23H21Cl2NO2/c1-3-15(2)17-7-4-5-10-20(17)26-22(27)14-12-16-11-13-21(28-16)18-8-6-9-19(24)23(18)25/h4-15H,3H2,1-2H3,(H,26,27). The summed E-state index contributed by atoms with van der Waals surface area (Å²) in [6, 6.07) is 16.8. The SMILES string of the molecule is CCC(C)c1ccccc1NC(=O)C=Cc1ccc(-c2cccc(Cl)c2Cl)o1. The van der Waals surface area contributed by atoms with Gasteiger partial charge in [-0.05, 0) is 54.3 Å². The molecule has 1 amide bonds. The second kappa shape index (κ2) is 9.13. The Hall–Kier alpha value is -2.49. The van der Waals surface area contributed by atoms with Gasteiger partial charge in [-0.25, -0.2) is 0 Å². The summed E-state index contributed by atoms with van der Waals surface area (Å²) in [5, 5.41) is 3.85. The highest BCUT2D eigenvalue weighted by atomic mass is 35.5. The summed E-state index contributed by atoms with van der Waals surface area (Å²) in [4.78, 5) is 12.3. The maximum Gasteiger partial charge on any atom is 0.248 e. The lowest BCUT2D eigenvalue weighted by molar-refractivity contribution is -0.111. The second-order valence-corrected chi connectivity index (χ2v) is 7.31. The molecule has 0 bridgehead atoms. The highest BCUT2D eigenvalue weighted by molar-refractivity contribution is 6.43. The van der Waals surface area contributed by atoms with E-state index in [1.54, 1.807) is 24.3 Å². The lowest BCUT2D eigenvalue weighted by Gasteiger charge is -2.14. The molecule has 0 aliphatic heterocycles. The Bertz CT molecular complexity index is 1010. The number of anilines is 1. The van der Waals surface area contributed by atoms with E-state index in [2.05, 4.69) is 19.2 Å². The van der Waals surface area contributed by atoms with Crippen molar-refractivity contribution in [1.82, 2.24) is 0 Å². The van der Waals surface area contributed by atoms with Gasteiger partial charge in [-0.1, -0.05) is 61.3 Å². The molecule has 3 nitrogen and oxygen atoms in total. The average molecular weight is 414 g/mol. The van der Waals surface area contributed by atoms with E-state index >= 15 is 0 Å². The molecule has 3 aromatic rings. The minimum Gasteiger partial charge on any atom is -0.457 e. The molecule has 0 aliphatic carbocycles. The van der Waals surface area contributed by atoms with Crippen LogP contribution in [-0.2, 0) is 4.79 Å². The van der Waals surface area contributed by atoms with Crippen LogP contribution in [0.25, 0.3) is 17.4 Å². The van der Waals surface area contributed by atoms with Gasteiger partial charge in [-0.3, -0.25) is 4.79 Å². The number of nitrogens with one attached hydrogen (secondary N) is 1. The van der Waals surface area contributed by atoms with Crippen molar-refractivity contribution in [1.29, 1.82) is 0 Å². The molecule has 1 atom stereocenters. The Balaban J connectivity index is 1.72. The maximum absolute atomic E-state index is 12.3. The van der Waals surface area contributed by atoms with E-state index in [4.69, 9.17) is 27.6 Å². The maximum atomic E-state index is 12.3. The van der Waals surface area contributed by atoms with Crippen LogP contribution in [-0.4, -0.2) is 5.91 Å². The van der Waals surface area contributed by atoms with Gasteiger partial charge in [0.1, 0.15) is 11.5 Å². The summed E-state index contributed by atoms with van der Waals surface area (Å²) in [6.45, 7) is 4.27. The summed E-state index contributed by atoms with van der Waals surface area (Å²) < 4.78 is 5.78. The number of amides is 1. The van der Waals surface area contributed by atoms with Gasteiger partial charge in [0.15, 0.2) is 0 Å². The van der Waals surface area contributed by atoms with Crippen molar-refractivity contribution >= 4 is 40.9 Å². The molecular weight excluding hydrogens is 393 g/mol. The topological polar surface area (TPSA) is 42.2 Å². The first-order valence-electron chi connectivity index (χ1n) is 9.11. The third-order valence-electron chi connectivity index (χ3n) is 4.60. The predicted molar refractivity (Wildman–Crippen MR) is 117 cm³/mol. The van der Waals surface area contributed by atoms with Crippen molar-refractivity contribution in [2.24, 2.45) is 0 Å². The van der Waals surface area contributed by atoms with Crippen LogP contribution in [0.5, 0.6) is 0 Å². The van der Waals surface area contributed by atoms with Crippen LogP contribution >= 0.6 is 23.2 Å². The molecule has 1 aromatic heterocycles. The molecule has 0 fully saturated rings. The van der Waals surface area contributed by atoms with Gasteiger partial charge in [0.05, 0.1) is 10.0 Å². The van der Waals surface area contributed by atoms with E-state index in [1.807, 2.05) is 36.4 Å². The molecule has 28 heavy (non-hydrogen) atoms. The van der Waals surface area contributed by atoms with Gasteiger partial charge in [-0.2, -0.15) is 0 Å². The summed E-state index contributed by atoms with van der Waals surface area (Å²) >= 11 is 12.3. The zero-order valence-corrected chi connectivity index (χ0v) is 17.2. The van der Waals surface area contributed by atoms with Gasteiger partial charge >= 0.3 is 0 Å². The van der Waals surface area contributed by atoms with Crippen molar-refractivity contribution in [3.63, 3.8) is 0 Å². The zero-order chi connectivity index (χ0) is 20.1. The van der Waals surface area contributed by atoms with Crippen LogP contribution in [0.3, 0.4) is 0 Å². The molecule has 0 saturated carbocycles. The largest absolute Gasteiger partial charge is 0.457 e. The minimum atomic E-state index is -0.213. The molecule has 144 valence electrons. The quantitative estimate of drug-likeness (QED) is 0.427. The predicted octanol–water partition coefficient (Wildman–Crippen LogP) is 7.42. The molecule has 1 heterocycles. The van der Waals surface area contributed by atoms with E-state index < -0.39 is 0 Å². The number of hydrogen-bond donors (Lipinski definition) is 1. The van der Waals surface area contributed by atoms with Crippen molar-refractivity contribution in [2.75, 3.05) is 5.32 Å². The molecule has 1 unspecified atom stereocenters. The van der Waals surface area contributed by atoms with Crippen molar-refractivity contribution in [2.45, 2.75) is 26.2 Å². The monoisotopic (exact) mass is 413 g/mol. The molecule has 0 aliphatic rings. The Morgan fingerprint density at radius 2 is 1.89 bits per heavy atom. The number of carbonyl (C=O) groups is 1. The van der Waals surface area contributed by atoms with Crippen LogP contribution in [0.4, 0.5) is 5.69 Å². The lowest BCUT2D eigenvalue weighted by atomic mass is 9.97. The van der Waals surface area contributed by atoms with E-state index in [0.717, 1.165) is 17.7 Å². The van der Waals surface area contributed by atoms with Gasteiger partial charge in [0.25, 0.3) is 0 Å². The Kier molecular flexibility index (Phi) is 6.61. The van der Waals surface area contributed by atoms with Crippen LogP contribution in [0.2, 0.25) is 10.0 Å². The first-order valence-corrected chi connectivity index (χ1v) is 9.87. The van der Waals surface area contributed by atoms with Gasteiger partial charge in [0, 0.05) is 17.3 Å². The van der Waals surface area contributed by atoms with Crippen molar-refractivity contribution in [3.05, 3.63) is 82.0 Å². The normalized spacial score (nSPS) is 12.3. The summed E-state index contributed by atoms with van der Waals surface area (Å²) in [5.74, 6) is 1.30. The molecular formula is C23H21Cl2NO2. The number of carbonyl (C=O) groups excluding carboxylic acids is 1. The van der Waals surface area contributed by atoms with E-state index in [1.165, 1.54) is 6.08 Å². The highest BCUT2D eigenvalue weighted by Crippen LogP contribution is 2.34. The molecule has 5 heteroatoms. The lowest BCUT2D eigenvalue weighted by Crippen LogP contribution is -2.10. The molecule has 0 radical (unpaired) electrons. The van der Waals surface area contributed by atoms with Crippen LogP contribution in [0.15, 0.2) is 65.1 Å². The van der Waals surface area contributed by atoms with Gasteiger partial charge in [0.2, 0.25) is 5.91 Å². The Morgan fingerprint density at radius 3 is 2.68 bits per heavy atom. The molecule has 3 rings (SSSR count). The number of hydrogen-bond acceptors (Lipinski definition) is 2. The number of para-hydroxylation sites is 1. The van der Waals surface area contributed by atoms with Gasteiger partial charge < -0.3 is 9.73 Å². The first-order chi connectivity index (χ1) is 13.5. The van der Waals surface area contributed by atoms with Crippen molar-refractivity contribution in [3.8, 4) is 11.3 Å². The fourth-order valence-electron chi connectivity index (χ4n) is 2.87. The third-order valence-corrected chi connectivity index (χ3v) is 5.42. The number of halogens is 2. The first kappa shape index (κ1) is 20.2. The molecule has 0 spiro atoms. The second-order valence-electron chi connectivity index (χ2n) is 6.52. The highest BCUT2D eigenvalue weighted by Gasteiger charge is 2.11. The number of benzene rings is 2. The summed E-state index contributed by atoms with van der Waals surface area (Å²) in [5.41, 5.74) is 2.67. The van der Waals surface area contributed by atoms with E-state index in [-0.39, 0.29) is 5.91 Å². The smallest absolute Gasteiger partial charge is 0.248 e. The number of furan rings is 1. The van der Waals surface area contributed by atoms with Gasteiger partial charge in [-0.15, -0.1) is 0 Å².